The topological polar surface area (TPSA) is 29.5 Å². The second-order valence-corrected chi connectivity index (χ2v) is 4.68. The van der Waals surface area contributed by atoms with Gasteiger partial charge in [0, 0.05) is 5.92 Å². The van der Waals surface area contributed by atoms with Gasteiger partial charge in [-0.15, -0.1) is 0 Å². The molecule has 0 aliphatic rings. The van der Waals surface area contributed by atoms with Crippen LogP contribution >= 0.6 is 11.6 Å². The van der Waals surface area contributed by atoms with Gasteiger partial charge in [-0.3, -0.25) is 0 Å². The fourth-order valence-corrected chi connectivity index (χ4v) is 1.62. The van der Waals surface area contributed by atoms with Crippen LogP contribution in [0.1, 0.15) is 33.6 Å². The number of hydrogen-bond donors (Lipinski definition) is 1. The monoisotopic (exact) mass is 262 g/mol. The van der Waals surface area contributed by atoms with Crippen LogP contribution in [0.15, 0.2) is 0 Å². The predicted molar refractivity (Wildman–Crippen MR) is 56.3 cm³/mol. The van der Waals surface area contributed by atoms with Gasteiger partial charge in [0.15, 0.2) is 0 Å². The van der Waals surface area contributed by atoms with Gasteiger partial charge in [0.2, 0.25) is 5.13 Å². The van der Waals surface area contributed by atoms with Gasteiger partial charge in [-0.25, -0.2) is 13.2 Å². The van der Waals surface area contributed by atoms with E-state index in [0.29, 0.717) is 13.3 Å². The molecular formula is C10H18ClF3O2. The normalized spacial score (nSPS) is 20.2. The van der Waals surface area contributed by atoms with Crippen molar-refractivity contribution in [3.63, 3.8) is 0 Å². The van der Waals surface area contributed by atoms with Crippen LogP contribution in [0.3, 0.4) is 0 Å². The number of ether oxygens (including phenoxy) is 1. The van der Waals surface area contributed by atoms with Crippen molar-refractivity contribution < 1.29 is 23.0 Å². The molecule has 0 heterocycles. The molecule has 0 saturated heterocycles. The van der Waals surface area contributed by atoms with Gasteiger partial charge in [0.05, 0.1) is 6.10 Å². The van der Waals surface area contributed by atoms with Crippen LogP contribution in [-0.4, -0.2) is 29.1 Å². The quantitative estimate of drug-likeness (QED) is 0.563. The minimum Gasteiger partial charge on any atom is -0.371 e. The predicted octanol–water partition coefficient (Wildman–Crippen LogP) is 3.32. The molecule has 0 radical (unpaired) electrons. The zero-order valence-electron chi connectivity index (χ0n) is 9.64. The van der Waals surface area contributed by atoms with E-state index in [9.17, 15) is 13.2 Å². The molecule has 0 aliphatic carbocycles. The largest absolute Gasteiger partial charge is 0.371 e. The number of hydrogen-bond acceptors (Lipinski definition) is 2. The average molecular weight is 263 g/mol. The van der Waals surface area contributed by atoms with Gasteiger partial charge in [0.25, 0.3) is 5.92 Å². The summed E-state index contributed by atoms with van der Waals surface area (Å²) in [4.78, 5) is 0. The van der Waals surface area contributed by atoms with E-state index in [1.54, 1.807) is 6.92 Å². The van der Waals surface area contributed by atoms with Crippen LogP contribution < -0.4 is 0 Å². The highest BCUT2D eigenvalue weighted by Crippen LogP contribution is 2.43. The van der Waals surface area contributed by atoms with Gasteiger partial charge in [-0.05, 0) is 19.8 Å². The number of rotatable bonds is 7. The highest BCUT2D eigenvalue weighted by atomic mass is 35.5. The first-order valence-corrected chi connectivity index (χ1v) is 5.52. The maximum absolute atomic E-state index is 13.4. The summed E-state index contributed by atoms with van der Waals surface area (Å²) in [5.41, 5.74) is 0. The lowest BCUT2D eigenvalue weighted by Crippen LogP contribution is -2.43. The van der Waals surface area contributed by atoms with Crippen LogP contribution in [0.4, 0.5) is 13.2 Å². The van der Waals surface area contributed by atoms with Gasteiger partial charge < -0.3 is 9.84 Å². The van der Waals surface area contributed by atoms with Gasteiger partial charge in [-0.2, -0.15) is 0 Å². The molecule has 0 aromatic carbocycles. The minimum absolute atomic E-state index is 0.0592. The zero-order valence-corrected chi connectivity index (χ0v) is 10.4. The van der Waals surface area contributed by atoms with Crippen molar-refractivity contribution in [2.45, 2.75) is 50.8 Å². The second-order valence-electron chi connectivity index (χ2n) is 3.97. The Hall–Kier alpha value is -0.0000000000000000416. The number of halogens is 4. The fourth-order valence-electron chi connectivity index (χ4n) is 1.43. The zero-order chi connectivity index (χ0) is 13.0. The molecule has 2 nitrogen and oxygen atoms in total. The molecule has 0 bridgehead atoms. The average Bonchev–Trinajstić information content (AvgIpc) is 2.15. The van der Waals surface area contributed by atoms with Gasteiger partial charge >= 0.3 is 0 Å². The molecule has 0 aliphatic heterocycles. The van der Waals surface area contributed by atoms with E-state index in [0.717, 1.165) is 0 Å². The molecule has 0 aromatic heterocycles. The molecule has 3 atom stereocenters. The Morgan fingerprint density at radius 3 is 2.19 bits per heavy atom. The third kappa shape index (κ3) is 4.11. The molecule has 1 N–H and O–H groups in total. The molecule has 98 valence electrons. The number of alkyl halides is 4. The van der Waals surface area contributed by atoms with Gasteiger partial charge in [-0.1, -0.05) is 25.4 Å². The Morgan fingerprint density at radius 1 is 1.38 bits per heavy atom. The summed E-state index contributed by atoms with van der Waals surface area (Å²) in [6.07, 6.45) is -0.118. The van der Waals surface area contributed by atoms with Crippen molar-refractivity contribution in [2.24, 2.45) is 5.92 Å². The molecular weight excluding hydrogens is 245 g/mol. The molecule has 0 aromatic rings. The number of aliphatic hydroxyl groups excluding tert-OH is 1. The van der Waals surface area contributed by atoms with Crippen LogP contribution in [0.2, 0.25) is 0 Å². The summed E-state index contributed by atoms with van der Waals surface area (Å²) in [6, 6.07) is 0. The highest BCUT2D eigenvalue weighted by Gasteiger charge is 2.54. The molecule has 0 saturated carbocycles. The molecule has 0 fully saturated rings. The Balaban J connectivity index is 4.49. The first-order chi connectivity index (χ1) is 7.16. The minimum atomic E-state index is -3.64. The summed E-state index contributed by atoms with van der Waals surface area (Å²) in [7, 11) is 0. The van der Waals surface area contributed by atoms with E-state index in [-0.39, 0.29) is 6.42 Å². The fraction of sp³-hybridized carbons (Fsp3) is 1.00. The highest BCUT2D eigenvalue weighted by molar-refractivity contribution is 6.23. The van der Waals surface area contributed by atoms with Crippen LogP contribution in [0, 0.1) is 5.92 Å². The van der Waals surface area contributed by atoms with Crippen molar-refractivity contribution in [3.8, 4) is 0 Å². The van der Waals surface area contributed by atoms with E-state index < -0.39 is 29.9 Å². The van der Waals surface area contributed by atoms with Crippen molar-refractivity contribution in [2.75, 3.05) is 6.79 Å². The van der Waals surface area contributed by atoms with Crippen molar-refractivity contribution in [1.82, 2.24) is 0 Å². The van der Waals surface area contributed by atoms with E-state index in [2.05, 4.69) is 0 Å². The van der Waals surface area contributed by atoms with Crippen molar-refractivity contribution in [1.29, 1.82) is 0 Å². The summed E-state index contributed by atoms with van der Waals surface area (Å²) in [5.74, 6) is -4.91. The van der Waals surface area contributed by atoms with Crippen molar-refractivity contribution in [3.05, 3.63) is 0 Å². The molecule has 6 heteroatoms. The first-order valence-electron chi connectivity index (χ1n) is 5.14. The maximum atomic E-state index is 13.4. The lowest BCUT2D eigenvalue weighted by Gasteiger charge is -2.31. The van der Waals surface area contributed by atoms with Crippen LogP contribution in [0.5, 0.6) is 0 Å². The third-order valence-corrected chi connectivity index (χ3v) is 2.84. The summed E-state index contributed by atoms with van der Waals surface area (Å²) in [5, 5.41) is 5.45. The Bertz CT molecular complexity index is 207. The Kier molecular flexibility index (Phi) is 6.07. The SMILES string of the molecule is CCC(CC(C)C(F)(F)C(C)(F)Cl)OCO. The lowest BCUT2D eigenvalue weighted by molar-refractivity contribution is -0.144. The summed E-state index contributed by atoms with van der Waals surface area (Å²) in [6.45, 7) is 3.05. The van der Waals surface area contributed by atoms with E-state index in [4.69, 9.17) is 21.4 Å². The second kappa shape index (κ2) is 6.07. The first kappa shape index (κ1) is 16.0. The summed E-state index contributed by atoms with van der Waals surface area (Å²) >= 11 is 5.02. The summed E-state index contributed by atoms with van der Waals surface area (Å²) < 4.78 is 44.8. The number of aliphatic hydroxyl groups is 1. The Morgan fingerprint density at radius 2 is 1.88 bits per heavy atom. The van der Waals surface area contributed by atoms with Gasteiger partial charge in [0.1, 0.15) is 6.79 Å². The van der Waals surface area contributed by atoms with Crippen molar-refractivity contribution >= 4 is 11.6 Å². The van der Waals surface area contributed by atoms with Crippen LogP contribution in [0.25, 0.3) is 0 Å². The Labute approximate surface area is 98.7 Å². The molecule has 0 rings (SSSR count). The van der Waals surface area contributed by atoms with E-state index in [1.807, 2.05) is 0 Å². The van der Waals surface area contributed by atoms with E-state index in [1.165, 1.54) is 6.92 Å². The molecule has 3 unspecified atom stereocenters. The standard InChI is InChI=1S/C10H18ClF3O2/c1-4-8(16-6-15)5-7(2)10(13,14)9(3,11)12/h7-8,15H,4-6H2,1-3H3. The molecule has 16 heavy (non-hydrogen) atoms. The van der Waals surface area contributed by atoms with E-state index >= 15 is 0 Å². The molecule has 0 spiro atoms. The lowest BCUT2D eigenvalue weighted by atomic mass is 9.92. The maximum Gasteiger partial charge on any atom is 0.297 e. The smallest absolute Gasteiger partial charge is 0.297 e. The third-order valence-electron chi connectivity index (χ3n) is 2.59. The molecule has 0 amide bonds. The van der Waals surface area contributed by atoms with Crippen LogP contribution in [-0.2, 0) is 4.74 Å².